The van der Waals surface area contributed by atoms with Crippen molar-refractivity contribution in [1.29, 1.82) is 0 Å². The van der Waals surface area contributed by atoms with Crippen LogP contribution in [-0.4, -0.2) is 48.7 Å². The van der Waals surface area contributed by atoms with Gasteiger partial charge in [0.25, 0.3) is 5.92 Å². The van der Waals surface area contributed by atoms with Gasteiger partial charge in [0.2, 0.25) is 0 Å². The number of benzene rings is 1. The van der Waals surface area contributed by atoms with Crippen LogP contribution in [0, 0.1) is 0 Å². The molecule has 1 aliphatic heterocycles. The fourth-order valence-corrected chi connectivity index (χ4v) is 3.22. The lowest BCUT2D eigenvalue weighted by Gasteiger charge is -2.39. The van der Waals surface area contributed by atoms with Crippen LogP contribution in [0.2, 0.25) is 15.1 Å². The van der Waals surface area contributed by atoms with Crippen molar-refractivity contribution < 1.29 is 13.9 Å². The number of aliphatic hydroxyl groups excluding tert-OH is 1. The van der Waals surface area contributed by atoms with Crippen molar-refractivity contribution in [2.75, 3.05) is 32.8 Å². The summed E-state index contributed by atoms with van der Waals surface area (Å²) in [6.45, 7) is 0.668. The Hall–Kier alpha value is 0.120. The van der Waals surface area contributed by atoms with Crippen molar-refractivity contribution in [3.63, 3.8) is 0 Å². The highest BCUT2D eigenvalue weighted by atomic mass is 35.5. The van der Waals surface area contributed by atoms with Crippen LogP contribution in [0.25, 0.3) is 0 Å². The molecule has 3 nitrogen and oxygen atoms in total. The van der Waals surface area contributed by atoms with Crippen molar-refractivity contribution >= 4 is 47.2 Å². The van der Waals surface area contributed by atoms with E-state index in [-0.39, 0.29) is 33.0 Å². The average Bonchev–Trinajstić information content (AvgIpc) is 2.48. The number of alkyl halides is 2. The fraction of sp³-hybridized carbons (Fsp3) is 0.538. The first-order chi connectivity index (χ1) is 9.88. The van der Waals surface area contributed by atoms with Crippen molar-refractivity contribution in [3.05, 3.63) is 32.8 Å². The predicted molar refractivity (Wildman–Crippen MR) is 87.9 cm³/mol. The Bertz CT molecular complexity index is 513. The molecule has 22 heavy (non-hydrogen) atoms. The van der Waals surface area contributed by atoms with Crippen LogP contribution in [0.3, 0.4) is 0 Å². The number of rotatable bonds is 4. The molecule has 2 N–H and O–H groups in total. The number of nitrogens with one attached hydrogen (secondary N) is 1. The molecule has 2 rings (SSSR count). The van der Waals surface area contributed by atoms with Crippen LogP contribution in [0.1, 0.15) is 11.6 Å². The average molecular weight is 396 g/mol. The first kappa shape index (κ1) is 20.2. The Morgan fingerprint density at radius 1 is 1.18 bits per heavy atom. The van der Waals surface area contributed by atoms with Crippen molar-refractivity contribution in [3.8, 4) is 0 Å². The van der Waals surface area contributed by atoms with Gasteiger partial charge in [-0.1, -0.05) is 34.8 Å². The van der Waals surface area contributed by atoms with E-state index >= 15 is 0 Å². The summed E-state index contributed by atoms with van der Waals surface area (Å²) in [4.78, 5) is 1.57. The van der Waals surface area contributed by atoms with Gasteiger partial charge in [-0.25, -0.2) is 8.78 Å². The second kappa shape index (κ2) is 8.29. The normalized spacial score (nSPS) is 17.9. The first-order valence-electron chi connectivity index (χ1n) is 6.45. The lowest BCUT2D eigenvalue weighted by atomic mass is 9.98. The third kappa shape index (κ3) is 4.15. The molecule has 1 heterocycles. The SMILES string of the molecule is Cl.OCC(F)(F)[C@H](c1c(Cl)ccc(Cl)c1Cl)N1CCNCC1. The molecule has 1 saturated heterocycles. The fourth-order valence-electron chi connectivity index (χ4n) is 2.48. The molecule has 1 aliphatic rings. The van der Waals surface area contributed by atoms with E-state index in [1.807, 2.05) is 0 Å². The first-order valence-corrected chi connectivity index (χ1v) is 7.58. The molecule has 0 saturated carbocycles. The van der Waals surface area contributed by atoms with Gasteiger partial charge in [-0.05, 0) is 12.1 Å². The highest BCUT2D eigenvalue weighted by molar-refractivity contribution is 6.44. The molecular weight excluding hydrogens is 380 g/mol. The van der Waals surface area contributed by atoms with E-state index in [0.717, 1.165) is 0 Å². The molecule has 1 atom stereocenters. The van der Waals surface area contributed by atoms with Gasteiger partial charge in [0.1, 0.15) is 12.6 Å². The number of nitrogens with zero attached hydrogens (tertiary/aromatic N) is 1. The van der Waals surface area contributed by atoms with Crippen molar-refractivity contribution in [1.82, 2.24) is 10.2 Å². The number of halogens is 6. The van der Waals surface area contributed by atoms with Gasteiger partial charge < -0.3 is 10.4 Å². The van der Waals surface area contributed by atoms with Crippen LogP contribution in [0.4, 0.5) is 8.78 Å². The second-order valence-electron chi connectivity index (χ2n) is 4.86. The maximum atomic E-state index is 14.3. The molecule has 0 aromatic heterocycles. The third-order valence-electron chi connectivity index (χ3n) is 3.48. The Morgan fingerprint density at radius 3 is 2.27 bits per heavy atom. The van der Waals surface area contributed by atoms with E-state index < -0.39 is 18.6 Å². The van der Waals surface area contributed by atoms with Gasteiger partial charge in [0.05, 0.1) is 10.0 Å². The molecule has 0 amide bonds. The predicted octanol–water partition coefficient (Wildman–Crippen LogP) is 3.64. The summed E-state index contributed by atoms with van der Waals surface area (Å²) in [7, 11) is 0. The van der Waals surface area contributed by atoms with E-state index in [1.165, 1.54) is 12.1 Å². The molecular formula is C13H16Cl4F2N2O. The molecule has 9 heteroatoms. The maximum absolute atomic E-state index is 14.3. The molecule has 0 spiro atoms. The minimum atomic E-state index is -3.38. The van der Waals surface area contributed by atoms with E-state index in [2.05, 4.69) is 5.32 Å². The minimum absolute atomic E-state index is 0. The third-order valence-corrected chi connectivity index (χ3v) is 4.63. The van der Waals surface area contributed by atoms with E-state index in [4.69, 9.17) is 39.9 Å². The number of piperazine rings is 1. The quantitative estimate of drug-likeness (QED) is 0.764. The number of hydrogen-bond donors (Lipinski definition) is 2. The maximum Gasteiger partial charge on any atom is 0.290 e. The zero-order chi connectivity index (χ0) is 15.6. The molecule has 126 valence electrons. The molecule has 0 bridgehead atoms. The van der Waals surface area contributed by atoms with Gasteiger partial charge in [0.15, 0.2) is 0 Å². The van der Waals surface area contributed by atoms with Gasteiger partial charge in [-0.2, -0.15) is 0 Å². The smallest absolute Gasteiger partial charge is 0.290 e. The van der Waals surface area contributed by atoms with Crippen LogP contribution in [-0.2, 0) is 0 Å². The number of hydrogen-bond acceptors (Lipinski definition) is 3. The highest BCUT2D eigenvalue weighted by Gasteiger charge is 2.46. The van der Waals surface area contributed by atoms with Gasteiger partial charge >= 0.3 is 0 Å². The summed E-state index contributed by atoms with van der Waals surface area (Å²) >= 11 is 18.1. The summed E-state index contributed by atoms with van der Waals surface area (Å²) in [5.74, 6) is -3.38. The molecule has 0 aliphatic carbocycles. The van der Waals surface area contributed by atoms with Crippen LogP contribution in [0.5, 0.6) is 0 Å². The summed E-state index contributed by atoms with van der Waals surface area (Å²) < 4.78 is 28.6. The Labute approximate surface area is 148 Å². The van der Waals surface area contributed by atoms with E-state index in [1.54, 1.807) is 4.90 Å². The summed E-state index contributed by atoms with van der Waals surface area (Å²) in [5, 5.41) is 12.5. The Balaban J connectivity index is 0.00000242. The molecule has 1 aromatic rings. The van der Waals surface area contributed by atoms with Crippen LogP contribution < -0.4 is 5.32 Å². The van der Waals surface area contributed by atoms with E-state index in [0.29, 0.717) is 26.2 Å². The molecule has 0 unspecified atom stereocenters. The Morgan fingerprint density at radius 2 is 1.73 bits per heavy atom. The summed E-state index contributed by atoms with van der Waals surface area (Å²) in [6.07, 6.45) is 0. The largest absolute Gasteiger partial charge is 0.390 e. The van der Waals surface area contributed by atoms with Crippen molar-refractivity contribution in [2.24, 2.45) is 0 Å². The van der Waals surface area contributed by atoms with Crippen LogP contribution >= 0.6 is 47.2 Å². The van der Waals surface area contributed by atoms with Gasteiger partial charge in [0, 0.05) is 36.8 Å². The van der Waals surface area contributed by atoms with Gasteiger partial charge in [-0.3, -0.25) is 4.90 Å². The van der Waals surface area contributed by atoms with Gasteiger partial charge in [-0.15, -0.1) is 12.4 Å². The monoisotopic (exact) mass is 394 g/mol. The molecule has 0 radical (unpaired) electrons. The summed E-state index contributed by atoms with van der Waals surface area (Å²) in [5.41, 5.74) is 0.0618. The Kier molecular flexibility index (Phi) is 7.60. The van der Waals surface area contributed by atoms with Crippen LogP contribution in [0.15, 0.2) is 12.1 Å². The standard InChI is InChI=1S/C13H15Cl3F2N2O.ClH/c14-8-1-2-9(15)11(16)10(8)12(13(17,18)7-21)20-5-3-19-4-6-20;/h1-2,12,19,21H,3-7H2;1H/t12-;/m0./s1. The zero-order valence-electron chi connectivity index (χ0n) is 11.5. The van der Waals surface area contributed by atoms with E-state index in [9.17, 15) is 8.78 Å². The lowest BCUT2D eigenvalue weighted by molar-refractivity contribution is -0.118. The highest BCUT2D eigenvalue weighted by Crippen LogP contribution is 2.44. The molecule has 1 aromatic carbocycles. The minimum Gasteiger partial charge on any atom is -0.390 e. The topological polar surface area (TPSA) is 35.5 Å². The van der Waals surface area contributed by atoms with Crippen molar-refractivity contribution in [2.45, 2.75) is 12.0 Å². The zero-order valence-corrected chi connectivity index (χ0v) is 14.5. The lowest BCUT2D eigenvalue weighted by Crippen LogP contribution is -2.51. The second-order valence-corrected chi connectivity index (χ2v) is 6.06. The number of aliphatic hydroxyl groups is 1. The summed E-state index contributed by atoms with van der Waals surface area (Å²) in [6, 6.07) is 1.48. The molecule has 1 fully saturated rings.